The number of amides is 1. The fourth-order valence-corrected chi connectivity index (χ4v) is 2.38. The molecule has 4 heteroatoms. The molecule has 0 spiro atoms. The van der Waals surface area contributed by atoms with E-state index >= 15 is 0 Å². The van der Waals surface area contributed by atoms with Crippen molar-refractivity contribution in [1.29, 1.82) is 0 Å². The van der Waals surface area contributed by atoms with Gasteiger partial charge in [0.1, 0.15) is 0 Å². The molecule has 96 valence electrons. The largest absolute Gasteiger partial charge is 0.466 e. The van der Waals surface area contributed by atoms with Crippen LogP contribution >= 0.6 is 0 Å². The van der Waals surface area contributed by atoms with Crippen LogP contribution in [-0.2, 0) is 14.3 Å². The molecular weight excluding hydrogens is 230 g/mol. The molecule has 1 aliphatic rings. The Bertz CT molecular complexity index is 430. The molecule has 0 aliphatic carbocycles. The van der Waals surface area contributed by atoms with Gasteiger partial charge in [-0.05, 0) is 12.5 Å². The minimum absolute atomic E-state index is 0.00417. The van der Waals surface area contributed by atoms with Crippen LogP contribution in [0.4, 0.5) is 0 Å². The molecule has 0 unspecified atom stereocenters. The highest BCUT2D eigenvalue weighted by Crippen LogP contribution is 2.31. The summed E-state index contributed by atoms with van der Waals surface area (Å²) < 4.78 is 4.95. The lowest BCUT2D eigenvalue weighted by Crippen LogP contribution is -2.19. The SMILES string of the molecule is CCOC(=O)C[C@@H]1CNC(=O)[C@H]1c1ccccc1. The summed E-state index contributed by atoms with van der Waals surface area (Å²) in [6, 6.07) is 9.57. The Hall–Kier alpha value is -1.84. The number of carbonyl (C=O) groups is 2. The molecule has 1 saturated heterocycles. The molecule has 4 nitrogen and oxygen atoms in total. The minimum Gasteiger partial charge on any atom is -0.466 e. The van der Waals surface area contributed by atoms with Crippen LogP contribution in [0.1, 0.15) is 24.8 Å². The maximum absolute atomic E-state index is 11.9. The third-order valence-corrected chi connectivity index (χ3v) is 3.19. The van der Waals surface area contributed by atoms with Gasteiger partial charge in [0.2, 0.25) is 5.91 Å². The number of hydrogen-bond donors (Lipinski definition) is 1. The molecule has 1 N–H and O–H groups in total. The fourth-order valence-electron chi connectivity index (χ4n) is 2.38. The first-order chi connectivity index (χ1) is 8.72. The topological polar surface area (TPSA) is 55.4 Å². The van der Waals surface area contributed by atoms with E-state index in [0.717, 1.165) is 5.56 Å². The van der Waals surface area contributed by atoms with E-state index in [9.17, 15) is 9.59 Å². The molecule has 0 radical (unpaired) electrons. The summed E-state index contributed by atoms with van der Waals surface area (Å²) in [6.45, 7) is 2.70. The van der Waals surface area contributed by atoms with E-state index in [-0.39, 0.29) is 30.1 Å². The van der Waals surface area contributed by atoms with Crippen molar-refractivity contribution in [3.63, 3.8) is 0 Å². The summed E-state index contributed by atoms with van der Waals surface area (Å²) in [6.07, 6.45) is 0.284. The maximum atomic E-state index is 11.9. The molecule has 2 rings (SSSR count). The first kappa shape index (κ1) is 12.6. The van der Waals surface area contributed by atoms with Crippen LogP contribution in [0, 0.1) is 5.92 Å². The van der Waals surface area contributed by atoms with Gasteiger partial charge in [-0.1, -0.05) is 30.3 Å². The van der Waals surface area contributed by atoms with Crippen molar-refractivity contribution in [2.75, 3.05) is 13.2 Å². The summed E-state index contributed by atoms with van der Waals surface area (Å²) in [7, 11) is 0. The number of nitrogens with one attached hydrogen (secondary N) is 1. The number of hydrogen-bond acceptors (Lipinski definition) is 3. The van der Waals surface area contributed by atoms with Gasteiger partial charge in [0.25, 0.3) is 0 Å². The molecular formula is C14H17NO3. The highest BCUT2D eigenvalue weighted by molar-refractivity contribution is 5.87. The first-order valence-corrected chi connectivity index (χ1v) is 6.20. The van der Waals surface area contributed by atoms with Crippen molar-refractivity contribution in [2.24, 2.45) is 5.92 Å². The minimum atomic E-state index is -0.240. The quantitative estimate of drug-likeness (QED) is 0.820. The zero-order valence-electron chi connectivity index (χ0n) is 10.4. The average Bonchev–Trinajstić information content (AvgIpc) is 2.72. The number of esters is 1. The summed E-state index contributed by atoms with van der Waals surface area (Å²) in [5.41, 5.74) is 0.960. The van der Waals surface area contributed by atoms with Crippen LogP contribution in [0.5, 0.6) is 0 Å². The summed E-state index contributed by atoms with van der Waals surface area (Å²) >= 11 is 0. The van der Waals surface area contributed by atoms with Gasteiger partial charge in [0.05, 0.1) is 18.9 Å². The lowest BCUT2D eigenvalue weighted by atomic mass is 9.86. The van der Waals surface area contributed by atoms with Crippen LogP contribution in [0.2, 0.25) is 0 Å². The smallest absolute Gasteiger partial charge is 0.306 e. The van der Waals surface area contributed by atoms with E-state index in [1.807, 2.05) is 30.3 Å². The van der Waals surface area contributed by atoms with E-state index in [4.69, 9.17) is 4.74 Å². The summed E-state index contributed by atoms with van der Waals surface area (Å²) in [5.74, 6) is -0.495. The third-order valence-electron chi connectivity index (χ3n) is 3.19. The molecule has 18 heavy (non-hydrogen) atoms. The third kappa shape index (κ3) is 2.70. The van der Waals surface area contributed by atoms with Crippen molar-refractivity contribution in [1.82, 2.24) is 5.32 Å². The van der Waals surface area contributed by atoms with Crippen LogP contribution in [-0.4, -0.2) is 25.0 Å². The number of ether oxygens (including phenoxy) is 1. The van der Waals surface area contributed by atoms with E-state index in [2.05, 4.69) is 5.32 Å². The second-order valence-electron chi connectivity index (χ2n) is 4.40. The molecule has 0 aromatic heterocycles. The Morgan fingerprint density at radius 1 is 1.39 bits per heavy atom. The van der Waals surface area contributed by atoms with E-state index in [1.165, 1.54) is 0 Å². The summed E-state index contributed by atoms with van der Waals surface area (Å²) in [5, 5.41) is 2.82. The molecule has 1 heterocycles. The predicted octanol–water partition coefficient (Wildman–Crippen LogP) is 1.47. The van der Waals surface area contributed by atoms with Gasteiger partial charge >= 0.3 is 5.97 Å². The normalized spacial score (nSPS) is 22.6. The molecule has 0 bridgehead atoms. The predicted molar refractivity (Wildman–Crippen MR) is 66.9 cm³/mol. The van der Waals surface area contributed by atoms with E-state index in [1.54, 1.807) is 6.92 Å². The Labute approximate surface area is 106 Å². The fraction of sp³-hybridized carbons (Fsp3) is 0.429. The molecule has 2 atom stereocenters. The number of rotatable bonds is 4. The molecule has 1 aromatic rings. The molecule has 1 aliphatic heterocycles. The highest BCUT2D eigenvalue weighted by atomic mass is 16.5. The monoisotopic (exact) mass is 247 g/mol. The van der Waals surface area contributed by atoms with Crippen molar-refractivity contribution in [3.8, 4) is 0 Å². The molecule has 1 aromatic carbocycles. The van der Waals surface area contributed by atoms with Gasteiger partial charge in [-0.3, -0.25) is 9.59 Å². The van der Waals surface area contributed by atoms with Gasteiger partial charge in [-0.25, -0.2) is 0 Å². The van der Waals surface area contributed by atoms with Crippen LogP contribution < -0.4 is 5.32 Å². The van der Waals surface area contributed by atoms with Crippen molar-refractivity contribution in [2.45, 2.75) is 19.3 Å². The van der Waals surface area contributed by atoms with Gasteiger partial charge < -0.3 is 10.1 Å². The van der Waals surface area contributed by atoms with Crippen molar-refractivity contribution in [3.05, 3.63) is 35.9 Å². The van der Waals surface area contributed by atoms with Gasteiger partial charge in [-0.15, -0.1) is 0 Å². The molecule has 1 amide bonds. The number of benzene rings is 1. The number of carbonyl (C=O) groups excluding carboxylic acids is 2. The Morgan fingerprint density at radius 3 is 2.78 bits per heavy atom. The zero-order valence-corrected chi connectivity index (χ0v) is 10.4. The highest BCUT2D eigenvalue weighted by Gasteiger charge is 2.37. The van der Waals surface area contributed by atoms with Crippen LogP contribution in [0.3, 0.4) is 0 Å². The maximum Gasteiger partial charge on any atom is 0.306 e. The standard InChI is InChI=1S/C14H17NO3/c1-2-18-12(16)8-11-9-15-14(17)13(11)10-6-4-3-5-7-10/h3-7,11,13H,2,8-9H2,1H3,(H,15,17)/t11-,13+/m1/s1. The Balaban J connectivity index is 2.11. The molecule has 0 saturated carbocycles. The van der Waals surface area contributed by atoms with Gasteiger partial charge in [-0.2, -0.15) is 0 Å². The lowest BCUT2D eigenvalue weighted by Gasteiger charge is -2.16. The average molecular weight is 247 g/mol. The Morgan fingerprint density at radius 2 is 2.11 bits per heavy atom. The van der Waals surface area contributed by atoms with Gasteiger partial charge in [0, 0.05) is 12.5 Å². The van der Waals surface area contributed by atoms with Crippen molar-refractivity contribution >= 4 is 11.9 Å². The second-order valence-corrected chi connectivity index (χ2v) is 4.40. The van der Waals surface area contributed by atoms with Crippen LogP contribution in [0.15, 0.2) is 30.3 Å². The molecule has 1 fully saturated rings. The van der Waals surface area contributed by atoms with Crippen LogP contribution in [0.25, 0.3) is 0 Å². The van der Waals surface area contributed by atoms with E-state index in [0.29, 0.717) is 13.2 Å². The van der Waals surface area contributed by atoms with E-state index < -0.39 is 0 Å². The summed E-state index contributed by atoms with van der Waals surface area (Å²) in [4.78, 5) is 23.4. The first-order valence-electron chi connectivity index (χ1n) is 6.20. The Kier molecular flexibility index (Phi) is 3.97. The second kappa shape index (κ2) is 5.67. The lowest BCUT2D eigenvalue weighted by molar-refractivity contribution is -0.144. The zero-order chi connectivity index (χ0) is 13.0. The van der Waals surface area contributed by atoms with Gasteiger partial charge in [0.15, 0.2) is 0 Å². The van der Waals surface area contributed by atoms with Crippen molar-refractivity contribution < 1.29 is 14.3 Å².